The van der Waals surface area contributed by atoms with Crippen LogP contribution in [0.3, 0.4) is 0 Å². The number of carbonyl (C=O) groups excluding carboxylic acids is 1. The molecular formula is C26H32FN3O. The van der Waals surface area contributed by atoms with Crippen LogP contribution in [0.25, 0.3) is 10.9 Å². The van der Waals surface area contributed by atoms with Crippen molar-refractivity contribution < 1.29 is 9.18 Å². The van der Waals surface area contributed by atoms with Crippen molar-refractivity contribution in [2.75, 3.05) is 20.6 Å². The van der Waals surface area contributed by atoms with E-state index in [9.17, 15) is 9.18 Å². The summed E-state index contributed by atoms with van der Waals surface area (Å²) in [5.41, 5.74) is 4.54. The number of halogens is 1. The van der Waals surface area contributed by atoms with Gasteiger partial charge in [-0.05, 0) is 69.1 Å². The lowest BCUT2D eigenvalue weighted by Gasteiger charge is -2.43. The van der Waals surface area contributed by atoms with Gasteiger partial charge in [-0.15, -0.1) is 0 Å². The predicted molar refractivity (Wildman–Crippen MR) is 123 cm³/mol. The van der Waals surface area contributed by atoms with Gasteiger partial charge in [-0.1, -0.05) is 37.3 Å². The maximum atomic E-state index is 13.6. The van der Waals surface area contributed by atoms with Crippen molar-refractivity contribution >= 4 is 16.8 Å². The third-order valence-corrected chi connectivity index (χ3v) is 7.22. The Bertz CT molecular complexity index is 1070. The van der Waals surface area contributed by atoms with Gasteiger partial charge in [0.2, 0.25) is 5.91 Å². The topological polar surface area (TPSA) is 39.3 Å². The van der Waals surface area contributed by atoms with Gasteiger partial charge in [0.05, 0.1) is 6.04 Å². The maximum absolute atomic E-state index is 13.6. The van der Waals surface area contributed by atoms with Crippen LogP contribution in [0.4, 0.5) is 4.39 Å². The first-order chi connectivity index (χ1) is 14.9. The van der Waals surface area contributed by atoms with E-state index in [-0.39, 0.29) is 23.3 Å². The number of hydrogen-bond acceptors (Lipinski definition) is 2. The van der Waals surface area contributed by atoms with E-state index >= 15 is 0 Å². The summed E-state index contributed by atoms with van der Waals surface area (Å²) in [6.07, 6.45) is 3.48. The molecule has 4 rings (SSSR count). The number of fused-ring (bicyclic) bond motifs is 3. The zero-order valence-electron chi connectivity index (χ0n) is 18.9. The van der Waals surface area contributed by atoms with Crippen molar-refractivity contribution in [3.05, 3.63) is 71.2 Å². The van der Waals surface area contributed by atoms with E-state index in [1.807, 2.05) is 23.1 Å². The first kappa shape index (κ1) is 21.6. The third kappa shape index (κ3) is 3.76. The Hall–Kier alpha value is -2.66. The van der Waals surface area contributed by atoms with E-state index in [0.717, 1.165) is 43.3 Å². The summed E-state index contributed by atoms with van der Waals surface area (Å²) < 4.78 is 13.6. The molecule has 4 nitrogen and oxygen atoms in total. The van der Waals surface area contributed by atoms with Gasteiger partial charge in [-0.3, -0.25) is 9.69 Å². The first-order valence-corrected chi connectivity index (χ1v) is 11.2. The van der Waals surface area contributed by atoms with Crippen molar-refractivity contribution in [3.63, 3.8) is 0 Å². The molecule has 0 bridgehead atoms. The molecule has 0 saturated carbocycles. The Kier molecular flexibility index (Phi) is 5.89. The molecule has 1 aromatic heterocycles. The van der Waals surface area contributed by atoms with Gasteiger partial charge >= 0.3 is 0 Å². The number of carbonyl (C=O) groups is 1. The Morgan fingerprint density at radius 3 is 2.55 bits per heavy atom. The van der Waals surface area contributed by atoms with E-state index in [1.165, 1.54) is 16.6 Å². The minimum atomic E-state index is -0.222. The number of benzene rings is 2. The van der Waals surface area contributed by atoms with Crippen molar-refractivity contribution in [1.82, 2.24) is 14.8 Å². The van der Waals surface area contributed by atoms with Gasteiger partial charge in [-0.2, -0.15) is 0 Å². The van der Waals surface area contributed by atoms with Crippen LogP contribution in [0, 0.1) is 5.82 Å². The van der Waals surface area contributed by atoms with Gasteiger partial charge in [0.15, 0.2) is 0 Å². The van der Waals surface area contributed by atoms with Crippen LogP contribution in [0.15, 0.2) is 48.5 Å². The fraction of sp³-hybridized carbons (Fsp3) is 0.423. The summed E-state index contributed by atoms with van der Waals surface area (Å²) >= 11 is 0. The second-order valence-corrected chi connectivity index (χ2v) is 8.87. The molecule has 2 aromatic carbocycles. The van der Waals surface area contributed by atoms with Crippen LogP contribution in [0.5, 0.6) is 0 Å². The Morgan fingerprint density at radius 2 is 1.90 bits per heavy atom. The Labute approximate surface area is 184 Å². The average molecular weight is 422 g/mol. The summed E-state index contributed by atoms with van der Waals surface area (Å²) in [6.45, 7) is 4.59. The van der Waals surface area contributed by atoms with E-state index < -0.39 is 0 Å². The summed E-state index contributed by atoms with van der Waals surface area (Å²) in [4.78, 5) is 20.4. The first-order valence-electron chi connectivity index (χ1n) is 11.2. The predicted octanol–water partition coefficient (Wildman–Crippen LogP) is 5.40. The van der Waals surface area contributed by atoms with Gasteiger partial charge in [0.1, 0.15) is 5.82 Å². The smallest absolute Gasteiger partial charge is 0.220 e. The van der Waals surface area contributed by atoms with Gasteiger partial charge in [0.25, 0.3) is 0 Å². The van der Waals surface area contributed by atoms with Crippen LogP contribution >= 0.6 is 0 Å². The van der Waals surface area contributed by atoms with Crippen molar-refractivity contribution in [1.29, 1.82) is 0 Å². The van der Waals surface area contributed by atoms with Crippen LogP contribution in [0.1, 0.15) is 56.0 Å². The monoisotopic (exact) mass is 421 g/mol. The molecule has 1 amide bonds. The van der Waals surface area contributed by atoms with Gasteiger partial charge < -0.3 is 9.88 Å². The van der Waals surface area contributed by atoms with E-state index in [1.54, 1.807) is 19.1 Å². The second-order valence-electron chi connectivity index (χ2n) is 8.87. The Balaban J connectivity index is 1.71. The van der Waals surface area contributed by atoms with Crippen LogP contribution in [-0.4, -0.2) is 41.3 Å². The fourth-order valence-corrected chi connectivity index (χ4v) is 5.45. The molecule has 0 saturated heterocycles. The number of aromatic amines is 1. The average Bonchev–Trinajstić information content (AvgIpc) is 3.14. The molecule has 1 aliphatic rings. The number of H-pyrrole nitrogens is 1. The zero-order valence-corrected chi connectivity index (χ0v) is 18.9. The lowest BCUT2D eigenvalue weighted by molar-refractivity contribution is -0.132. The third-order valence-electron chi connectivity index (χ3n) is 7.22. The number of hydrogen-bond donors (Lipinski definition) is 1. The SMILES string of the molecule is CCC(CCC1c2[nH]c3ccccc3c2CCN1C(C)=O)(c1ccc(F)cc1)N(C)C. The van der Waals surface area contributed by atoms with E-state index in [0.29, 0.717) is 0 Å². The number of amides is 1. The highest BCUT2D eigenvalue weighted by Crippen LogP contribution is 2.42. The van der Waals surface area contributed by atoms with Gasteiger partial charge in [-0.25, -0.2) is 4.39 Å². The fourth-order valence-electron chi connectivity index (χ4n) is 5.45. The highest BCUT2D eigenvalue weighted by Gasteiger charge is 2.37. The molecular weight excluding hydrogens is 389 g/mol. The largest absolute Gasteiger partial charge is 0.356 e. The summed E-state index contributed by atoms with van der Waals surface area (Å²) in [5.74, 6) is -0.103. The normalized spacial score (nSPS) is 18.3. The highest BCUT2D eigenvalue weighted by molar-refractivity contribution is 5.86. The summed E-state index contributed by atoms with van der Waals surface area (Å²) in [5, 5.41) is 1.26. The number of nitrogens with one attached hydrogen (secondary N) is 1. The number of para-hydroxylation sites is 1. The molecule has 0 radical (unpaired) electrons. The zero-order chi connectivity index (χ0) is 22.2. The lowest BCUT2D eigenvalue weighted by atomic mass is 9.79. The number of rotatable bonds is 6. The molecule has 5 heteroatoms. The summed E-state index contributed by atoms with van der Waals surface area (Å²) in [6, 6.07) is 15.3. The standard InChI is InChI=1S/C26H32FN3O/c1-5-26(29(3)4,19-10-12-20(27)13-11-19)16-14-24-25-22(15-17-30(24)18(2)31)21-8-6-7-9-23(21)28-25/h6-13,24,28H,5,14-17H2,1-4H3. The highest BCUT2D eigenvalue weighted by atomic mass is 19.1. The minimum Gasteiger partial charge on any atom is -0.356 e. The molecule has 1 aliphatic heterocycles. The molecule has 3 aromatic rings. The molecule has 31 heavy (non-hydrogen) atoms. The number of aromatic nitrogens is 1. The lowest BCUT2D eigenvalue weighted by Crippen LogP contribution is -2.43. The van der Waals surface area contributed by atoms with Gasteiger partial charge in [0, 0.05) is 35.6 Å². The van der Waals surface area contributed by atoms with Crippen molar-refractivity contribution in [3.8, 4) is 0 Å². The molecule has 1 N–H and O–H groups in total. The van der Waals surface area contributed by atoms with Crippen LogP contribution < -0.4 is 0 Å². The number of nitrogens with zero attached hydrogens (tertiary/aromatic N) is 2. The maximum Gasteiger partial charge on any atom is 0.220 e. The van der Waals surface area contributed by atoms with E-state index in [4.69, 9.17) is 0 Å². The van der Waals surface area contributed by atoms with Crippen LogP contribution in [0.2, 0.25) is 0 Å². The molecule has 0 spiro atoms. The Morgan fingerprint density at radius 1 is 1.19 bits per heavy atom. The van der Waals surface area contributed by atoms with Crippen molar-refractivity contribution in [2.24, 2.45) is 0 Å². The molecule has 164 valence electrons. The molecule has 2 atom stereocenters. The molecule has 0 aliphatic carbocycles. The molecule has 0 fully saturated rings. The second kappa shape index (κ2) is 8.46. The minimum absolute atomic E-state index is 0.0139. The van der Waals surface area contributed by atoms with Crippen molar-refractivity contribution in [2.45, 2.75) is 51.1 Å². The van der Waals surface area contributed by atoms with Crippen LogP contribution in [-0.2, 0) is 16.8 Å². The molecule has 2 heterocycles. The van der Waals surface area contributed by atoms with E-state index in [2.05, 4.69) is 49.1 Å². The molecule has 2 unspecified atom stereocenters. The quantitative estimate of drug-likeness (QED) is 0.579. The summed E-state index contributed by atoms with van der Waals surface area (Å²) in [7, 11) is 4.18.